The number of hydrogen-bond donors (Lipinski definition) is 1. The molecular formula is C15H20N2S. The number of fused-ring (bicyclic) bond motifs is 1. The summed E-state index contributed by atoms with van der Waals surface area (Å²) in [6.45, 7) is 4.19. The summed E-state index contributed by atoms with van der Waals surface area (Å²) in [4.78, 5) is 4.56. The van der Waals surface area contributed by atoms with Crippen molar-refractivity contribution in [2.24, 2.45) is 5.73 Å². The maximum Gasteiger partial charge on any atom is 0.0708 e. The minimum Gasteiger partial charge on any atom is -0.327 e. The monoisotopic (exact) mass is 260 g/mol. The van der Waals surface area contributed by atoms with E-state index in [1.807, 2.05) is 17.8 Å². The van der Waals surface area contributed by atoms with E-state index in [4.69, 9.17) is 5.73 Å². The second-order valence-electron chi connectivity index (χ2n) is 4.62. The van der Waals surface area contributed by atoms with Crippen LogP contribution in [0.3, 0.4) is 0 Å². The van der Waals surface area contributed by atoms with E-state index >= 15 is 0 Å². The molecule has 18 heavy (non-hydrogen) atoms. The number of thioether (sulfide) groups is 1. The molecule has 2 rings (SSSR count). The van der Waals surface area contributed by atoms with Crippen LogP contribution in [-0.4, -0.2) is 16.8 Å². The highest BCUT2D eigenvalue weighted by atomic mass is 32.2. The Bertz CT molecular complexity index is 525. The molecule has 0 bridgehead atoms. The molecule has 2 aromatic rings. The van der Waals surface area contributed by atoms with E-state index in [1.165, 1.54) is 10.9 Å². The molecule has 0 fully saturated rings. The predicted octanol–water partition coefficient (Wildman–Crippen LogP) is 3.51. The van der Waals surface area contributed by atoms with Gasteiger partial charge in [0.25, 0.3) is 0 Å². The third-order valence-electron chi connectivity index (χ3n) is 3.04. The summed E-state index contributed by atoms with van der Waals surface area (Å²) < 4.78 is 0. The van der Waals surface area contributed by atoms with E-state index in [9.17, 15) is 0 Å². The highest BCUT2D eigenvalue weighted by Crippen LogP contribution is 2.22. The number of para-hydroxylation sites is 1. The van der Waals surface area contributed by atoms with E-state index in [1.54, 1.807) is 0 Å². The van der Waals surface area contributed by atoms with Gasteiger partial charge in [-0.2, -0.15) is 11.8 Å². The fraction of sp³-hybridized carbons (Fsp3) is 0.400. The highest BCUT2D eigenvalue weighted by molar-refractivity contribution is 7.98. The molecule has 0 amide bonds. The summed E-state index contributed by atoms with van der Waals surface area (Å²) in [5.41, 5.74) is 9.49. The molecule has 0 saturated carbocycles. The van der Waals surface area contributed by atoms with E-state index in [2.05, 4.69) is 43.1 Å². The van der Waals surface area contributed by atoms with Crippen molar-refractivity contribution in [1.29, 1.82) is 0 Å². The van der Waals surface area contributed by atoms with Crippen molar-refractivity contribution in [3.63, 3.8) is 0 Å². The zero-order chi connectivity index (χ0) is 13.0. The lowest BCUT2D eigenvalue weighted by atomic mass is 10.1. The van der Waals surface area contributed by atoms with Crippen molar-refractivity contribution < 1.29 is 0 Å². The van der Waals surface area contributed by atoms with Crippen LogP contribution in [0.2, 0.25) is 0 Å². The van der Waals surface area contributed by atoms with Gasteiger partial charge in [-0.25, -0.2) is 0 Å². The van der Waals surface area contributed by atoms with Gasteiger partial charge >= 0.3 is 0 Å². The number of nitrogens with two attached hydrogens (primary N) is 1. The number of aromatic nitrogens is 1. The molecule has 0 aliphatic carbocycles. The summed E-state index contributed by atoms with van der Waals surface area (Å²) >= 11 is 1.91. The molecule has 96 valence electrons. The molecule has 3 heteroatoms. The average Bonchev–Trinajstić information content (AvgIpc) is 2.38. The quantitative estimate of drug-likeness (QED) is 0.894. The molecule has 0 spiro atoms. The lowest BCUT2D eigenvalue weighted by molar-refractivity contribution is 0.725. The van der Waals surface area contributed by atoms with Gasteiger partial charge in [-0.1, -0.05) is 25.1 Å². The zero-order valence-corrected chi connectivity index (χ0v) is 11.8. The Labute approximate surface area is 113 Å². The Morgan fingerprint density at radius 1 is 1.33 bits per heavy atom. The van der Waals surface area contributed by atoms with Crippen LogP contribution in [0.1, 0.15) is 24.6 Å². The summed E-state index contributed by atoms with van der Waals surface area (Å²) in [5.74, 6) is 2.03. The van der Waals surface area contributed by atoms with Crippen molar-refractivity contribution in [3.8, 4) is 0 Å². The van der Waals surface area contributed by atoms with E-state index < -0.39 is 0 Å². The first kappa shape index (κ1) is 13.4. The number of aryl methyl sites for hydroxylation is 1. The SMILES string of the molecule is CCC(N)CSCc1cc(C)nc2ccccc12. The summed E-state index contributed by atoms with van der Waals surface area (Å²) in [6.07, 6.45) is 1.04. The van der Waals surface area contributed by atoms with Crippen LogP contribution in [-0.2, 0) is 5.75 Å². The lowest BCUT2D eigenvalue weighted by Crippen LogP contribution is -2.21. The zero-order valence-electron chi connectivity index (χ0n) is 11.0. The van der Waals surface area contributed by atoms with Crippen LogP contribution in [0.15, 0.2) is 30.3 Å². The van der Waals surface area contributed by atoms with Crippen LogP contribution >= 0.6 is 11.8 Å². The van der Waals surface area contributed by atoms with Crippen molar-refractivity contribution in [2.75, 3.05) is 5.75 Å². The maximum atomic E-state index is 5.95. The minimum absolute atomic E-state index is 0.309. The molecular weight excluding hydrogens is 240 g/mol. The van der Waals surface area contributed by atoms with Gasteiger partial charge in [0.05, 0.1) is 5.52 Å². The van der Waals surface area contributed by atoms with Gasteiger partial charge in [-0.05, 0) is 31.0 Å². The van der Waals surface area contributed by atoms with Gasteiger partial charge in [0, 0.05) is 28.6 Å². The van der Waals surface area contributed by atoms with Crippen LogP contribution in [0, 0.1) is 6.92 Å². The number of nitrogens with zero attached hydrogens (tertiary/aromatic N) is 1. The van der Waals surface area contributed by atoms with Crippen molar-refractivity contribution in [3.05, 3.63) is 41.6 Å². The predicted molar refractivity (Wildman–Crippen MR) is 80.9 cm³/mol. The number of hydrogen-bond acceptors (Lipinski definition) is 3. The average molecular weight is 260 g/mol. The second-order valence-corrected chi connectivity index (χ2v) is 5.65. The van der Waals surface area contributed by atoms with Gasteiger partial charge in [0.2, 0.25) is 0 Å². The summed E-state index contributed by atoms with van der Waals surface area (Å²) in [5, 5.41) is 1.26. The van der Waals surface area contributed by atoms with Gasteiger partial charge in [-0.3, -0.25) is 4.98 Å². The highest BCUT2D eigenvalue weighted by Gasteiger charge is 2.05. The van der Waals surface area contributed by atoms with E-state index in [0.29, 0.717) is 6.04 Å². The fourth-order valence-corrected chi connectivity index (χ4v) is 3.07. The first-order valence-corrected chi connectivity index (χ1v) is 7.54. The molecule has 1 aromatic heterocycles. The van der Waals surface area contributed by atoms with Gasteiger partial charge < -0.3 is 5.73 Å². The molecule has 1 atom stereocenters. The summed E-state index contributed by atoms with van der Waals surface area (Å²) in [6, 6.07) is 10.8. The molecule has 1 aromatic carbocycles. The lowest BCUT2D eigenvalue weighted by Gasteiger charge is -2.10. The van der Waals surface area contributed by atoms with E-state index in [0.717, 1.165) is 29.1 Å². The minimum atomic E-state index is 0.309. The van der Waals surface area contributed by atoms with Gasteiger partial charge in [0.1, 0.15) is 0 Å². The van der Waals surface area contributed by atoms with Crippen LogP contribution in [0.4, 0.5) is 0 Å². The van der Waals surface area contributed by atoms with Crippen LogP contribution in [0.25, 0.3) is 10.9 Å². The smallest absolute Gasteiger partial charge is 0.0708 e. The summed E-state index contributed by atoms with van der Waals surface area (Å²) in [7, 11) is 0. The van der Waals surface area contributed by atoms with Crippen LogP contribution < -0.4 is 5.73 Å². The number of rotatable bonds is 5. The molecule has 0 aliphatic rings. The largest absolute Gasteiger partial charge is 0.327 e. The molecule has 1 unspecified atom stereocenters. The molecule has 2 N–H and O–H groups in total. The molecule has 2 nitrogen and oxygen atoms in total. The normalized spacial score (nSPS) is 12.8. The van der Waals surface area contributed by atoms with Crippen molar-refractivity contribution in [1.82, 2.24) is 4.98 Å². The standard InChI is InChI=1S/C15H20N2S/c1-3-13(16)10-18-9-12-8-11(2)17-15-7-5-4-6-14(12)15/h4-8,13H,3,9-10,16H2,1-2H3. The first-order valence-electron chi connectivity index (χ1n) is 6.39. The Kier molecular flexibility index (Phi) is 4.61. The van der Waals surface area contributed by atoms with Gasteiger partial charge in [-0.15, -0.1) is 0 Å². The Morgan fingerprint density at radius 3 is 2.89 bits per heavy atom. The van der Waals surface area contributed by atoms with Crippen molar-refractivity contribution in [2.45, 2.75) is 32.1 Å². The third-order valence-corrected chi connectivity index (χ3v) is 4.22. The van der Waals surface area contributed by atoms with Crippen molar-refractivity contribution >= 4 is 22.7 Å². The molecule has 0 radical (unpaired) electrons. The number of benzene rings is 1. The van der Waals surface area contributed by atoms with Crippen LogP contribution in [0.5, 0.6) is 0 Å². The third kappa shape index (κ3) is 3.24. The second kappa shape index (κ2) is 6.21. The maximum absolute atomic E-state index is 5.95. The van der Waals surface area contributed by atoms with E-state index in [-0.39, 0.29) is 0 Å². The fourth-order valence-electron chi connectivity index (χ4n) is 1.95. The Hall–Kier alpha value is -1.06. The topological polar surface area (TPSA) is 38.9 Å². The Balaban J connectivity index is 2.17. The van der Waals surface area contributed by atoms with Gasteiger partial charge in [0.15, 0.2) is 0 Å². The first-order chi connectivity index (χ1) is 8.70. The Morgan fingerprint density at radius 2 is 2.11 bits per heavy atom. The molecule has 1 heterocycles. The number of pyridine rings is 1. The molecule has 0 aliphatic heterocycles. The molecule has 0 saturated heterocycles.